The molecule has 0 aromatic heterocycles. The van der Waals surface area contributed by atoms with Gasteiger partial charge in [0.05, 0.1) is 17.9 Å². The number of nitrogens with one attached hydrogen (secondary N) is 1. The maximum absolute atomic E-state index is 13.5. The Morgan fingerprint density at radius 1 is 1.32 bits per heavy atom. The lowest BCUT2D eigenvalue weighted by molar-refractivity contribution is -0.0681. The van der Waals surface area contributed by atoms with Gasteiger partial charge >= 0.3 is 0 Å². The number of nitrogens with zero attached hydrogens (tertiary/aromatic N) is 2. The second kappa shape index (κ2) is 8.11. The van der Waals surface area contributed by atoms with E-state index < -0.39 is 5.82 Å². The van der Waals surface area contributed by atoms with E-state index in [0.29, 0.717) is 17.9 Å². The van der Waals surface area contributed by atoms with E-state index in [9.17, 15) is 4.39 Å². The summed E-state index contributed by atoms with van der Waals surface area (Å²) in [5.74, 6) is -0.469. The van der Waals surface area contributed by atoms with E-state index in [1.807, 2.05) is 6.07 Å². The van der Waals surface area contributed by atoms with Crippen molar-refractivity contribution in [3.63, 3.8) is 0 Å². The minimum atomic E-state index is -0.469. The summed E-state index contributed by atoms with van der Waals surface area (Å²) in [5, 5.41) is 12.1. The minimum absolute atomic E-state index is 0.0957. The highest BCUT2D eigenvalue weighted by molar-refractivity contribution is 5.57. The van der Waals surface area contributed by atoms with Gasteiger partial charge in [0.15, 0.2) is 0 Å². The number of nitriles is 1. The molecule has 1 aliphatic rings. The normalized spacial score (nSPS) is 22.3. The summed E-state index contributed by atoms with van der Waals surface area (Å²) in [7, 11) is 0. The van der Waals surface area contributed by atoms with Crippen molar-refractivity contribution in [1.82, 2.24) is 4.90 Å². The molecular formula is C17H24FN3O. The van der Waals surface area contributed by atoms with Gasteiger partial charge in [0.1, 0.15) is 17.4 Å². The molecule has 0 spiro atoms. The molecule has 1 aromatic carbocycles. The molecule has 2 rings (SSSR count). The number of ether oxygens (including phenoxy) is 1. The van der Waals surface area contributed by atoms with Crippen LogP contribution in [-0.2, 0) is 4.74 Å². The van der Waals surface area contributed by atoms with Crippen molar-refractivity contribution >= 4 is 5.69 Å². The first kappa shape index (κ1) is 16.7. The van der Waals surface area contributed by atoms with Crippen LogP contribution in [0.25, 0.3) is 0 Å². The number of anilines is 1. The van der Waals surface area contributed by atoms with Gasteiger partial charge in [0.25, 0.3) is 0 Å². The molecule has 120 valence electrons. The summed E-state index contributed by atoms with van der Waals surface area (Å²) in [6, 6.07) is 6.58. The van der Waals surface area contributed by atoms with Gasteiger partial charge in [-0.15, -0.1) is 0 Å². The highest BCUT2D eigenvalue weighted by Crippen LogP contribution is 2.18. The molecular weight excluding hydrogens is 281 g/mol. The molecule has 4 nitrogen and oxygen atoms in total. The third kappa shape index (κ3) is 4.69. The van der Waals surface area contributed by atoms with Gasteiger partial charge in [-0.25, -0.2) is 4.39 Å². The lowest BCUT2D eigenvalue weighted by atomic mass is 10.1. The van der Waals surface area contributed by atoms with Gasteiger partial charge in [-0.2, -0.15) is 5.26 Å². The van der Waals surface area contributed by atoms with E-state index >= 15 is 0 Å². The summed E-state index contributed by atoms with van der Waals surface area (Å²) in [6.45, 7) is 7.98. The van der Waals surface area contributed by atoms with Crippen molar-refractivity contribution in [2.24, 2.45) is 0 Å². The Morgan fingerprint density at radius 2 is 2.05 bits per heavy atom. The highest BCUT2D eigenvalue weighted by Gasteiger charge is 2.21. The molecule has 1 saturated heterocycles. The second-order valence-electron chi connectivity index (χ2n) is 5.92. The first-order chi connectivity index (χ1) is 10.6. The van der Waals surface area contributed by atoms with Crippen LogP contribution >= 0.6 is 0 Å². The smallest absolute Gasteiger partial charge is 0.143 e. The van der Waals surface area contributed by atoms with Crippen LogP contribution in [-0.4, -0.2) is 43.3 Å². The first-order valence-corrected chi connectivity index (χ1v) is 7.90. The maximum Gasteiger partial charge on any atom is 0.143 e. The second-order valence-corrected chi connectivity index (χ2v) is 5.92. The minimum Gasteiger partial charge on any atom is -0.384 e. The largest absolute Gasteiger partial charge is 0.384 e. The third-order valence-electron chi connectivity index (χ3n) is 3.84. The van der Waals surface area contributed by atoms with Crippen molar-refractivity contribution in [1.29, 1.82) is 5.26 Å². The Labute approximate surface area is 131 Å². The van der Waals surface area contributed by atoms with Gasteiger partial charge < -0.3 is 10.1 Å². The van der Waals surface area contributed by atoms with E-state index in [4.69, 9.17) is 10.00 Å². The highest BCUT2D eigenvalue weighted by atomic mass is 19.1. The fourth-order valence-corrected chi connectivity index (χ4v) is 2.94. The van der Waals surface area contributed by atoms with E-state index in [2.05, 4.69) is 24.1 Å². The molecule has 1 aliphatic heterocycles. The molecule has 0 radical (unpaired) electrons. The average Bonchev–Trinajstić information content (AvgIpc) is 2.46. The molecule has 0 amide bonds. The Balaban J connectivity index is 1.70. The van der Waals surface area contributed by atoms with E-state index in [1.165, 1.54) is 6.07 Å². The summed E-state index contributed by atoms with van der Waals surface area (Å²) in [6.07, 6.45) is 2.66. The zero-order valence-corrected chi connectivity index (χ0v) is 13.3. The fourth-order valence-electron chi connectivity index (χ4n) is 2.94. The average molecular weight is 305 g/mol. The van der Waals surface area contributed by atoms with E-state index in [1.54, 1.807) is 12.1 Å². The summed E-state index contributed by atoms with van der Waals surface area (Å²) in [5.41, 5.74) is 0.675. The van der Waals surface area contributed by atoms with Crippen LogP contribution in [0.3, 0.4) is 0 Å². The fraction of sp³-hybridized carbons (Fsp3) is 0.588. The van der Waals surface area contributed by atoms with E-state index in [0.717, 1.165) is 39.0 Å². The third-order valence-corrected chi connectivity index (χ3v) is 3.84. The SMILES string of the molecule is C[C@H]1CN(CCCCNc2cccc(F)c2C#N)C[C@H](C)O1. The van der Waals surface area contributed by atoms with Crippen molar-refractivity contribution < 1.29 is 9.13 Å². The van der Waals surface area contributed by atoms with Gasteiger partial charge in [0.2, 0.25) is 0 Å². The van der Waals surface area contributed by atoms with Crippen LogP contribution in [0, 0.1) is 17.1 Å². The number of morpholine rings is 1. The molecule has 5 heteroatoms. The van der Waals surface area contributed by atoms with Crippen LogP contribution < -0.4 is 5.32 Å². The molecule has 1 N–H and O–H groups in total. The van der Waals surface area contributed by atoms with Crippen LogP contribution in [0.2, 0.25) is 0 Å². The van der Waals surface area contributed by atoms with Gasteiger partial charge in [0, 0.05) is 19.6 Å². The maximum atomic E-state index is 13.5. The standard InChI is InChI=1S/C17H24FN3O/c1-13-11-21(12-14(2)22-13)9-4-3-8-20-17-7-5-6-16(18)15(17)10-19/h5-7,13-14,20H,3-4,8-9,11-12H2,1-2H3/t13-,14-/m0/s1. The Kier molecular flexibility index (Phi) is 6.17. The van der Waals surface area contributed by atoms with Crippen molar-refractivity contribution in [2.75, 3.05) is 31.5 Å². The quantitative estimate of drug-likeness (QED) is 0.821. The number of hydrogen-bond donors (Lipinski definition) is 1. The van der Waals surface area contributed by atoms with Crippen molar-refractivity contribution in [2.45, 2.75) is 38.9 Å². The summed E-state index contributed by atoms with van der Waals surface area (Å²) < 4.78 is 19.2. The monoisotopic (exact) mass is 305 g/mol. The van der Waals surface area contributed by atoms with Gasteiger partial charge in [-0.3, -0.25) is 4.90 Å². The molecule has 1 heterocycles. The predicted octanol–water partition coefficient (Wildman–Crippen LogP) is 3.00. The molecule has 0 saturated carbocycles. The lowest BCUT2D eigenvalue weighted by Gasteiger charge is -2.35. The number of halogens is 1. The topological polar surface area (TPSA) is 48.3 Å². The summed E-state index contributed by atoms with van der Waals surface area (Å²) in [4.78, 5) is 2.43. The number of benzene rings is 1. The van der Waals surface area contributed by atoms with Crippen molar-refractivity contribution in [3.8, 4) is 6.07 Å². The van der Waals surface area contributed by atoms with Crippen molar-refractivity contribution in [3.05, 3.63) is 29.6 Å². The number of unbranched alkanes of at least 4 members (excludes halogenated alkanes) is 1. The molecule has 0 bridgehead atoms. The molecule has 0 aliphatic carbocycles. The molecule has 2 atom stereocenters. The van der Waals surface area contributed by atoms with Crippen LogP contribution in [0.4, 0.5) is 10.1 Å². The lowest BCUT2D eigenvalue weighted by Crippen LogP contribution is -2.45. The predicted molar refractivity (Wildman–Crippen MR) is 85.3 cm³/mol. The number of hydrogen-bond acceptors (Lipinski definition) is 4. The Morgan fingerprint density at radius 3 is 2.73 bits per heavy atom. The number of rotatable bonds is 6. The molecule has 1 fully saturated rings. The summed E-state index contributed by atoms with van der Waals surface area (Å²) >= 11 is 0. The van der Waals surface area contributed by atoms with E-state index in [-0.39, 0.29) is 5.56 Å². The zero-order chi connectivity index (χ0) is 15.9. The van der Waals surface area contributed by atoms with Gasteiger partial charge in [-0.05, 0) is 45.4 Å². The van der Waals surface area contributed by atoms with Crippen LogP contribution in [0.1, 0.15) is 32.3 Å². The molecule has 0 unspecified atom stereocenters. The molecule has 1 aromatic rings. The first-order valence-electron chi connectivity index (χ1n) is 7.90. The zero-order valence-electron chi connectivity index (χ0n) is 13.3. The Bertz CT molecular complexity index is 519. The van der Waals surface area contributed by atoms with Crippen LogP contribution in [0.15, 0.2) is 18.2 Å². The Hall–Kier alpha value is -1.64. The van der Waals surface area contributed by atoms with Gasteiger partial charge in [-0.1, -0.05) is 6.07 Å². The molecule has 22 heavy (non-hydrogen) atoms. The van der Waals surface area contributed by atoms with Crippen LogP contribution in [0.5, 0.6) is 0 Å².